The lowest BCUT2D eigenvalue weighted by atomic mass is 10.2. The smallest absolute Gasteiger partial charge is 0.124 e. The van der Waals surface area contributed by atoms with Crippen LogP contribution in [0.4, 0.5) is 0 Å². The maximum absolute atomic E-state index is 9.58. The number of benzene rings is 1. The molecule has 2 rings (SSSR count). The van der Waals surface area contributed by atoms with Gasteiger partial charge in [-0.3, -0.25) is 0 Å². The van der Waals surface area contributed by atoms with Crippen LogP contribution in [0.1, 0.15) is 12.6 Å². The van der Waals surface area contributed by atoms with Crippen molar-refractivity contribution < 1.29 is 5.11 Å². The molecular weight excluding hydrogens is 194 g/mol. The second-order valence-electron chi connectivity index (χ2n) is 3.17. The van der Waals surface area contributed by atoms with Crippen LogP contribution in [-0.4, -0.2) is 15.8 Å². The van der Waals surface area contributed by atoms with E-state index in [1.807, 2.05) is 30.0 Å². The Bertz CT molecular complexity index is 436. The quantitative estimate of drug-likeness (QED) is 0.811. The van der Waals surface area contributed by atoms with Crippen LogP contribution < -0.4 is 0 Å². The molecule has 0 aliphatic carbocycles. The van der Waals surface area contributed by atoms with Crippen LogP contribution in [0.2, 0.25) is 0 Å². The second kappa shape index (κ2) is 3.96. The van der Waals surface area contributed by atoms with E-state index >= 15 is 0 Å². The Morgan fingerprint density at radius 2 is 2.29 bits per heavy atom. The standard InChI is InChI=1S/C11H13NOS/c1-2-14-7-8-6-9-10(12-8)4-3-5-11(9)13/h3-6,12-13H,2,7H2,1H3. The highest BCUT2D eigenvalue weighted by atomic mass is 32.2. The lowest BCUT2D eigenvalue weighted by Crippen LogP contribution is -1.78. The summed E-state index contributed by atoms with van der Waals surface area (Å²) in [5.41, 5.74) is 2.19. The molecule has 2 N–H and O–H groups in total. The van der Waals surface area contributed by atoms with Gasteiger partial charge in [0.1, 0.15) is 5.75 Å². The van der Waals surface area contributed by atoms with Crippen LogP contribution in [0.15, 0.2) is 24.3 Å². The number of fused-ring (bicyclic) bond motifs is 1. The van der Waals surface area contributed by atoms with E-state index in [1.165, 1.54) is 5.69 Å². The molecule has 2 aromatic rings. The van der Waals surface area contributed by atoms with Crippen LogP contribution >= 0.6 is 11.8 Å². The summed E-state index contributed by atoms with van der Waals surface area (Å²) >= 11 is 1.87. The van der Waals surface area contributed by atoms with Gasteiger partial charge >= 0.3 is 0 Å². The van der Waals surface area contributed by atoms with Crippen molar-refractivity contribution in [3.8, 4) is 5.75 Å². The molecule has 1 aromatic carbocycles. The van der Waals surface area contributed by atoms with Crippen molar-refractivity contribution in [3.05, 3.63) is 30.0 Å². The molecule has 0 bridgehead atoms. The zero-order valence-corrected chi connectivity index (χ0v) is 8.90. The average Bonchev–Trinajstić information content (AvgIpc) is 2.59. The van der Waals surface area contributed by atoms with Gasteiger partial charge in [0, 0.05) is 22.3 Å². The molecule has 0 saturated heterocycles. The van der Waals surface area contributed by atoms with Gasteiger partial charge in [-0.1, -0.05) is 13.0 Å². The third kappa shape index (κ3) is 1.73. The number of hydrogen-bond donors (Lipinski definition) is 2. The Morgan fingerprint density at radius 1 is 1.43 bits per heavy atom. The number of aromatic nitrogens is 1. The Hall–Kier alpha value is -1.09. The molecule has 1 heterocycles. The summed E-state index contributed by atoms with van der Waals surface area (Å²) in [5.74, 6) is 2.44. The highest BCUT2D eigenvalue weighted by molar-refractivity contribution is 7.98. The van der Waals surface area contributed by atoms with Crippen LogP contribution in [0, 0.1) is 0 Å². The van der Waals surface area contributed by atoms with Crippen molar-refractivity contribution in [2.75, 3.05) is 5.75 Å². The summed E-state index contributed by atoms with van der Waals surface area (Å²) in [7, 11) is 0. The molecule has 1 aromatic heterocycles. The van der Waals surface area contributed by atoms with Gasteiger partial charge in [-0.25, -0.2) is 0 Å². The first kappa shape index (κ1) is 9.46. The maximum atomic E-state index is 9.58. The first-order valence-electron chi connectivity index (χ1n) is 4.68. The summed E-state index contributed by atoms with van der Waals surface area (Å²) in [4.78, 5) is 3.29. The van der Waals surface area contributed by atoms with E-state index in [-0.39, 0.29) is 0 Å². The van der Waals surface area contributed by atoms with Gasteiger partial charge in [0.05, 0.1) is 0 Å². The summed E-state index contributed by atoms with van der Waals surface area (Å²) < 4.78 is 0. The van der Waals surface area contributed by atoms with E-state index in [1.54, 1.807) is 6.07 Å². The van der Waals surface area contributed by atoms with E-state index in [4.69, 9.17) is 0 Å². The number of thioether (sulfide) groups is 1. The molecule has 2 nitrogen and oxygen atoms in total. The number of hydrogen-bond acceptors (Lipinski definition) is 2. The number of rotatable bonds is 3. The first-order chi connectivity index (χ1) is 6.81. The first-order valence-corrected chi connectivity index (χ1v) is 5.84. The van der Waals surface area contributed by atoms with Crippen molar-refractivity contribution >= 4 is 22.7 Å². The third-order valence-electron chi connectivity index (χ3n) is 2.16. The van der Waals surface area contributed by atoms with Gasteiger partial charge in [0.2, 0.25) is 0 Å². The maximum Gasteiger partial charge on any atom is 0.124 e. The van der Waals surface area contributed by atoms with Gasteiger partial charge in [0.15, 0.2) is 0 Å². The zero-order valence-electron chi connectivity index (χ0n) is 8.08. The second-order valence-corrected chi connectivity index (χ2v) is 4.44. The minimum absolute atomic E-state index is 0.353. The predicted molar refractivity (Wildman–Crippen MR) is 61.8 cm³/mol. The molecule has 14 heavy (non-hydrogen) atoms. The Morgan fingerprint density at radius 3 is 3.00 bits per heavy atom. The monoisotopic (exact) mass is 207 g/mol. The van der Waals surface area contributed by atoms with Crippen LogP contribution in [0.25, 0.3) is 10.9 Å². The van der Waals surface area contributed by atoms with E-state index in [2.05, 4.69) is 11.9 Å². The van der Waals surface area contributed by atoms with Crippen LogP contribution in [-0.2, 0) is 5.75 Å². The molecule has 0 unspecified atom stereocenters. The largest absolute Gasteiger partial charge is 0.507 e. The average molecular weight is 207 g/mol. The Labute approximate surface area is 87.3 Å². The highest BCUT2D eigenvalue weighted by Crippen LogP contribution is 2.26. The number of nitrogens with one attached hydrogen (secondary N) is 1. The minimum Gasteiger partial charge on any atom is -0.507 e. The van der Waals surface area contributed by atoms with Gasteiger partial charge in [-0.2, -0.15) is 11.8 Å². The van der Waals surface area contributed by atoms with E-state index < -0.39 is 0 Å². The van der Waals surface area contributed by atoms with Gasteiger partial charge in [-0.15, -0.1) is 0 Å². The predicted octanol–water partition coefficient (Wildman–Crippen LogP) is 3.13. The van der Waals surface area contributed by atoms with Gasteiger partial charge in [0.25, 0.3) is 0 Å². The minimum atomic E-state index is 0.353. The summed E-state index contributed by atoms with van der Waals surface area (Å²) in [6.07, 6.45) is 0. The molecule has 0 radical (unpaired) electrons. The molecule has 0 atom stereocenters. The number of phenolic OH excluding ortho intramolecular Hbond substituents is 1. The Balaban J connectivity index is 2.36. The molecule has 0 fully saturated rings. The highest BCUT2D eigenvalue weighted by Gasteiger charge is 2.03. The fraction of sp³-hybridized carbons (Fsp3) is 0.273. The van der Waals surface area contributed by atoms with Crippen LogP contribution in [0.5, 0.6) is 5.75 Å². The molecule has 0 aliphatic heterocycles. The SMILES string of the molecule is CCSCc1cc2c(O)cccc2[nH]1. The topological polar surface area (TPSA) is 36.0 Å². The lowest BCUT2D eigenvalue weighted by Gasteiger charge is -1.92. The van der Waals surface area contributed by atoms with Gasteiger partial charge in [-0.05, 0) is 24.0 Å². The zero-order chi connectivity index (χ0) is 9.97. The summed E-state index contributed by atoms with van der Waals surface area (Å²) in [6, 6.07) is 7.57. The Kier molecular flexibility index (Phi) is 2.68. The van der Waals surface area contributed by atoms with Crippen molar-refractivity contribution in [2.24, 2.45) is 0 Å². The summed E-state index contributed by atoms with van der Waals surface area (Å²) in [6.45, 7) is 2.14. The normalized spacial score (nSPS) is 10.9. The fourth-order valence-corrected chi connectivity index (χ4v) is 2.07. The fourth-order valence-electron chi connectivity index (χ4n) is 1.49. The molecule has 74 valence electrons. The molecule has 0 amide bonds. The van der Waals surface area contributed by atoms with Crippen molar-refractivity contribution in [2.45, 2.75) is 12.7 Å². The van der Waals surface area contributed by atoms with E-state index in [0.29, 0.717) is 5.75 Å². The van der Waals surface area contributed by atoms with Gasteiger partial charge < -0.3 is 10.1 Å². The van der Waals surface area contributed by atoms with Crippen molar-refractivity contribution in [1.29, 1.82) is 0 Å². The lowest BCUT2D eigenvalue weighted by molar-refractivity contribution is 0.481. The number of phenols is 1. The molecule has 0 aliphatic rings. The summed E-state index contributed by atoms with van der Waals surface area (Å²) in [5, 5.41) is 10.5. The molecule has 0 spiro atoms. The number of H-pyrrole nitrogens is 1. The van der Waals surface area contributed by atoms with Crippen molar-refractivity contribution in [3.63, 3.8) is 0 Å². The van der Waals surface area contributed by atoms with E-state index in [0.717, 1.165) is 22.4 Å². The molecular formula is C11H13NOS. The number of aromatic amines is 1. The molecule has 3 heteroatoms. The third-order valence-corrected chi connectivity index (χ3v) is 3.08. The molecule has 0 saturated carbocycles. The van der Waals surface area contributed by atoms with Crippen LogP contribution in [0.3, 0.4) is 0 Å². The van der Waals surface area contributed by atoms with E-state index in [9.17, 15) is 5.11 Å². The number of aromatic hydroxyl groups is 1. The van der Waals surface area contributed by atoms with Crippen molar-refractivity contribution in [1.82, 2.24) is 4.98 Å².